The lowest BCUT2D eigenvalue weighted by atomic mass is 10.0. The van der Waals surface area contributed by atoms with Gasteiger partial charge in [0.25, 0.3) is 0 Å². The second-order valence-corrected chi connectivity index (χ2v) is 16.1. The summed E-state index contributed by atoms with van der Waals surface area (Å²) in [7, 11) is 4.27. The molecule has 4 amide bonds. The fourth-order valence-electron chi connectivity index (χ4n) is 8.54. The number of methoxy groups -OCH3 is 3. The van der Waals surface area contributed by atoms with Crippen LogP contribution < -0.4 is 10.6 Å². The van der Waals surface area contributed by atoms with E-state index in [0.29, 0.717) is 37.9 Å². The number of imidazole rings is 2. The molecule has 2 saturated heterocycles. The lowest BCUT2D eigenvalue weighted by Gasteiger charge is -2.30. The molecule has 5 aromatic rings. The monoisotopic (exact) mass is 809 g/mol. The summed E-state index contributed by atoms with van der Waals surface area (Å²) in [5.41, 5.74) is 5.67. The smallest absolute Gasteiger partial charge is 0.407 e. The maximum Gasteiger partial charge on any atom is 0.407 e. The van der Waals surface area contributed by atoms with E-state index in [2.05, 4.69) is 61.6 Å². The van der Waals surface area contributed by atoms with Crippen LogP contribution in [0.25, 0.3) is 44.3 Å². The third-order valence-electron chi connectivity index (χ3n) is 11.7. The molecule has 16 heteroatoms. The average molecular weight is 810 g/mol. The first-order chi connectivity index (χ1) is 28.4. The second kappa shape index (κ2) is 17.5. The van der Waals surface area contributed by atoms with Crippen LogP contribution in [0.4, 0.5) is 9.59 Å². The van der Waals surface area contributed by atoms with Gasteiger partial charge in [0.05, 0.1) is 56.7 Å². The quantitative estimate of drug-likeness (QED) is 0.106. The molecule has 59 heavy (non-hydrogen) atoms. The van der Waals surface area contributed by atoms with Crippen LogP contribution in [0.5, 0.6) is 0 Å². The second-order valence-electron chi connectivity index (χ2n) is 16.1. The van der Waals surface area contributed by atoms with Crippen LogP contribution in [-0.4, -0.2) is 111 Å². The van der Waals surface area contributed by atoms with Gasteiger partial charge in [-0.3, -0.25) is 9.59 Å². The number of H-pyrrole nitrogens is 2. The van der Waals surface area contributed by atoms with Gasteiger partial charge in [-0.1, -0.05) is 52.0 Å². The molecule has 0 bridgehead atoms. The minimum atomic E-state index is -0.709. The van der Waals surface area contributed by atoms with Crippen molar-refractivity contribution >= 4 is 45.8 Å². The Morgan fingerprint density at radius 1 is 0.712 bits per heavy atom. The first kappa shape index (κ1) is 41.3. The minimum Gasteiger partial charge on any atom is -0.453 e. The molecule has 0 unspecified atom stereocenters. The number of rotatable bonds is 13. The highest BCUT2D eigenvalue weighted by Gasteiger charge is 2.39. The predicted octanol–water partition coefficient (Wildman–Crippen LogP) is 6.31. The van der Waals surface area contributed by atoms with Gasteiger partial charge in [-0.05, 0) is 49.7 Å². The SMILES string of the molecule is COCCn1c2cc(-c3cnc([C@@H]4CCCN4C(=O)[C@@H](NC(=O)OC)C(C)C)[nH]3)ccc2c2ccc(-c3cnc([C@@H]4CCCN4C(=O)[C@@H](NC(=O)OC)C(C)C)[nH]3)cc21. The van der Waals surface area contributed by atoms with Crippen LogP contribution in [0.2, 0.25) is 0 Å². The number of carbonyl (C=O) groups is 4. The summed E-state index contributed by atoms with van der Waals surface area (Å²) in [4.78, 5) is 71.7. The summed E-state index contributed by atoms with van der Waals surface area (Å²) in [5.74, 6) is 0.862. The van der Waals surface area contributed by atoms with Gasteiger partial charge >= 0.3 is 12.2 Å². The molecule has 2 aliphatic heterocycles. The zero-order valence-electron chi connectivity index (χ0n) is 34.8. The van der Waals surface area contributed by atoms with Crippen molar-refractivity contribution < 1.29 is 33.4 Å². The van der Waals surface area contributed by atoms with Crippen LogP contribution in [0.15, 0.2) is 48.8 Å². The summed E-state index contributed by atoms with van der Waals surface area (Å²) in [5, 5.41) is 7.62. The molecule has 2 aromatic carbocycles. The highest BCUT2D eigenvalue weighted by Crippen LogP contribution is 2.38. The van der Waals surface area contributed by atoms with Crippen molar-refractivity contribution in [3.8, 4) is 22.5 Å². The fraction of sp³-hybridized carbons (Fsp3) is 0.488. The lowest BCUT2D eigenvalue weighted by Crippen LogP contribution is -2.51. The van der Waals surface area contributed by atoms with E-state index in [-0.39, 0.29) is 35.7 Å². The van der Waals surface area contributed by atoms with Crippen molar-refractivity contribution in [3.63, 3.8) is 0 Å². The van der Waals surface area contributed by atoms with E-state index in [1.807, 2.05) is 49.9 Å². The van der Waals surface area contributed by atoms with E-state index in [0.717, 1.165) is 70.0 Å². The Kier molecular flexibility index (Phi) is 12.3. The number of benzene rings is 2. The van der Waals surface area contributed by atoms with Gasteiger partial charge in [-0.15, -0.1) is 0 Å². The number of hydrogen-bond donors (Lipinski definition) is 4. The topological polar surface area (TPSA) is 189 Å². The molecule has 4 N–H and O–H groups in total. The Morgan fingerprint density at radius 2 is 1.15 bits per heavy atom. The minimum absolute atomic E-state index is 0.123. The standard InChI is InChI=1S/C43H55N9O7/c1-24(2)36(48-42(55)58-6)40(53)51-16-8-10-32(51)38-44-22-30(46-38)26-12-14-28-29-15-13-27(21-35(29)50(18-19-57-5)34(28)20-26)31-23-45-39(47-31)33-11-9-17-52(33)41(54)37(25(3)4)49-43(56)59-7/h12-15,20-25,32-33,36-37H,8-11,16-19H2,1-7H3,(H,44,46)(H,45,47)(H,48,55)(H,49,56)/t32-,33-,36-,37-/m0/s1. The predicted molar refractivity (Wildman–Crippen MR) is 222 cm³/mol. The molecule has 3 aromatic heterocycles. The molecule has 0 spiro atoms. The van der Waals surface area contributed by atoms with Gasteiger partial charge in [0.15, 0.2) is 0 Å². The van der Waals surface area contributed by atoms with E-state index < -0.39 is 24.3 Å². The Balaban J connectivity index is 1.16. The highest BCUT2D eigenvalue weighted by atomic mass is 16.5. The summed E-state index contributed by atoms with van der Waals surface area (Å²) in [6, 6.07) is 10.8. The molecule has 7 rings (SSSR count). The molecule has 2 fully saturated rings. The van der Waals surface area contributed by atoms with Crippen LogP contribution in [0, 0.1) is 11.8 Å². The van der Waals surface area contributed by atoms with Crippen molar-refractivity contribution in [2.24, 2.45) is 11.8 Å². The molecule has 0 radical (unpaired) electrons. The van der Waals surface area contributed by atoms with E-state index in [9.17, 15) is 19.2 Å². The number of ether oxygens (including phenoxy) is 3. The Hall–Kier alpha value is -5.90. The average Bonchev–Trinajstić information content (AvgIpc) is 4.09. The molecule has 0 saturated carbocycles. The number of nitrogens with zero attached hydrogens (tertiary/aromatic N) is 5. The molecule has 16 nitrogen and oxygen atoms in total. The number of hydrogen-bond acceptors (Lipinski definition) is 9. The molecular formula is C43H55N9O7. The fourth-order valence-corrected chi connectivity index (χ4v) is 8.54. The number of likely N-dealkylation sites (tertiary alicyclic amines) is 2. The Labute approximate surface area is 343 Å². The summed E-state index contributed by atoms with van der Waals surface area (Å²) < 4.78 is 17.4. The number of aromatic amines is 2. The number of fused-ring (bicyclic) bond motifs is 3. The zero-order chi connectivity index (χ0) is 42.0. The molecule has 5 heterocycles. The van der Waals surface area contributed by atoms with E-state index in [1.165, 1.54) is 14.2 Å². The normalized spacial score (nSPS) is 17.9. The van der Waals surface area contributed by atoms with Crippen molar-refractivity contribution in [3.05, 3.63) is 60.4 Å². The van der Waals surface area contributed by atoms with Crippen LogP contribution in [0.1, 0.15) is 77.1 Å². The van der Waals surface area contributed by atoms with Crippen molar-refractivity contribution in [1.82, 2.24) is 44.9 Å². The van der Waals surface area contributed by atoms with E-state index in [1.54, 1.807) is 7.11 Å². The summed E-state index contributed by atoms with van der Waals surface area (Å²) in [6.45, 7) is 9.89. The zero-order valence-corrected chi connectivity index (χ0v) is 34.8. The third kappa shape index (κ3) is 8.22. The van der Waals surface area contributed by atoms with Gasteiger partial charge in [0.2, 0.25) is 11.8 Å². The van der Waals surface area contributed by atoms with Crippen molar-refractivity contribution in [2.45, 2.75) is 84.1 Å². The molecule has 4 atom stereocenters. The Morgan fingerprint density at radius 3 is 1.54 bits per heavy atom. The number of aromatic nitrogens is 5. The molecule has 314 valence electrons. The van der Waals surface area contributed by atoms with Gasteiger partial charge in [0.1, 0.15) is 23.7 Å². The van der Waals surface area contributed by atoms with Crippen molar-refractivity contribution in [2.75, 3.05) is 41.0 Å². The van der Waals surface area contributed by atoms with Crippen LogP contribution in [0.3, 0.4) is 0 Å². The maximum absolute atomic E-state index is 13.7. The van der Waals surface area contributed by atoms with Gasteiger partial charge in [0, 0.05) is 59.7 Å². The van der Waals surface area contributed by atoms with Crippen molar-refractivity contribution in [1.29, 1.82) is 0 Å². The first-order valence-electron chi connectivity index (χ1n) is 20.4. The van der Waals surface area contributed by atoms with Gasteiger partial charge < -0.3 is 49.2 Å². The Bertz CT molecular complexity index is 2170. The molecule has 0 aliphatic carbocycles. The number of alkyl carbamates (subject to hydrolysis) is 2. The van der Waals surface area contributed by atoms with E-state index >= 15 is 0 Å². The highest BCUT2D eigenvalue weighted by molar-refractivity contribution is 6.10. The molecular weight excluding hydrogens is 755 g/mol. The van der Waals surface area contributed by atoms with Crippen LogP contribution >= 0.6 is 0 Å². The maximum atomic E-state index is 13.7. The number of nitrogens with one attached hydrogen (secondary N) is 4. The third-order valence-corrected chi connectivity index (χ3v) is 11.7. The summed E-state index contributed by atoms with van der Waals surface area (Å²) in [6.07, 6.45) is 5.55. The first-order valence-corrected chi connectivity index (χ1v) is 20.4. The largest absolute Gasteiger partial charge is 0.453 e. The number of amides is 4. The van der Waals surface area contributed by atoms with E-state index in [4.69, 9.17) is 24.2 Å². The molecule has 2 aliphatic rings. The summed E-state index contributed by atoms with van der Waals surface area (Å²) >= 11 is 0. The number of carbonyl (C=O) groups excluding carboxylic acids is 4. The van der Waals surface area contributed by atoms with Gasteiger partial charge in [-0.2, -0.15) is 0 Å². The van der Waals surface area contributed by atoms with Gasteiger partial charge in [-0.25, -0.2) is 19.6 Å². The van der Waals surface area contributed by atoms with Crippen LogP contribution in [-0.2, 0) is 30.3 Å². The lowest BCUT2D eigenvalue weighted by molar-refractivity contribution is -0.136.